The predicted molar refractivity (Wildman–Crippen MR) is 114 cm³/mol. The number of hydrogen-bond acceptors (Lipinski definition) is 5. The van der Waals surface area contributed by atoms with Crippen molar-refractivity contribution < 1.29 is 4.79 Å². The number of benzene rings is 2. The van der Waals surface area contributed by atoms with E-state index in [9.17, 15) is 4.79 Å². The van der Waals surface area contributed by atoms with E-state index in [0.29, 0.717) is 11.5 Å². The van der Waals surface area contributed by atoms with Gasteiger partial charge in [-0.25, -0.2) is 0 Å². The third kappa shape index (κ3) is 4.59. The molecule has 0 aliphatic carbocycles. The molecule has 0 atom stereocenters. The lowest BCUT2D eigenvalue weighted by Crippen LogP contribution is -2.29. The number of likely N-dealkylation sites (tertiary alicyclic amines) is 1. The molecule has 2 aromatic carbocycles. The molecule has 2 heterocycles. The fourth-order valence-electron chi connectivity index (χ4n) is 3.17. The van der Waals surface area contributed by atoms with E-state index in [0.717, 1.165) is 42.6 Å². The zero-order valence-corrected chi connectivity index (χ0v) is 17.2. The van der Waals surface area contributed by atoms with Crippen molar-refractivity contribution in [2.75, 3.05) is 18.8 Å². The lowest BCUT2D eigenvalue weighted by atomic mass is 10.3. The first-order valence-corrected chi connectivity index (χ1v) is 11.4. The summed E-state index contributed by atoms with van der Waals surface area (Å²) in [4.78, 5) is 15.6. The van der Waals surface area contributed by atoms with Crippen LogP contribution in [0.25, 0.3) is 5.69 Å². The van der Waals surface area contributed by atoms with Gasteiger partial charge in [0.25, 0.3) is 0 Å². The zero-order valence-electron chi connectivity index (χ0n) is 15.5. The maximum Gasteiger partial charge on any atom is 0.233 e. The molecular formula is C21H22N4OS2. The second-order valence-corrected chi connectivity index (χ2v) is 8.54. The Bertz CT molecular complexity index is 909. The number of rotatable bonds is 7. The van der Waals surface area contributed by atoms with Gasteiger partial charge in [0.05, 0.1) is 11.5 Å². The molecule has 3 aromatic rings. The molecule has 1 aliphatic rings. The molecule has 1 aromatic heterocycles. The largest absolute Gasteiger partial charge is 0.342 e. The van der Waals surface area contributed by atoms with Gasteiger partial charge in [-0.2, -0.15) is 0 Å². The Labute approximate surface area is 173 Å². The standard InChI is InChI=1S/C21H22N4OS2/c26-20(24-13-7-8-14-24)16-28-21-23-22-19(15-27-18-11-5-2-6-12-18)25(21)17-9-3-1-4-10-17/h1-6,9-12H,7-8,13-16H2. The highest BCUT2D eigenvalue weighted by Gasteiger charge is 2.20. The third-order valence-electron chi connectivity index (χ3n) is 4.61. The van der Waals surface area contributed by atoms with E-state index >= 15 is 0 Å². The molecule has 0 radical (unpaired) electrons. The molecule has 1 aliphatic heterocycles. The van der Waals surface area contributed by atoms with Crippen LogP contribution in [0.15, 0.2) is 70.7 Å². The van der Waals surface area contributed by atoms with Crippen LogP contribution in [-0.4, -0.2) is 44.4 Å². The molecule has 4 rings (SSSR count). The summed E-state index contributed by atoms with van der Waals surface area (Å²) in [7, 11) is 0. The SMILES string of the molecule is O=C(CSc1nnc(CSc2ccccc2)n1-c1ccccc1)N1CCCC1. The summed E-state index contributed by atoms with van der Waals surface area (Å²) in [6.07, 6.45) is 2.22. The van der Waals surface area contributed by atoms with Crippen LogP contribution in [0.4, 0.5) is 0 Å². The Morgan fingerprint density at radius 1 is 0.893 bits per heavy atom. The zero-order chi connectivity index (χ0) is 19.2. The van der Waals surface area contributed by atoms with E-state index in [1.165, 1.54) is 16.7 Å². The van der Waals surface area contributed by atoms with Gasteiger partial charge in [-0.05, 0) is 37.1 Å². The van der Waals surface area contributed by atoms with Crippen molar-refractivity contribution in [3.8, 4) is 5.69 Å². The van der Waals surface area contributed by atoms with E-state index in [1.54, 1.807) is 11.8 Å². The molecule has 0 unspecified atom stereocenters. The molecule has 0 saturated carbocycles. The van der Waals surface area contributed by atoms with E-state index in [-0.39, 0.29) is 5.91 Å². The number of aromatic nitrogens is 3. The Morgan fingerprint density at radius 2 is 1.57 bits per heavy atom. The van der Waals surface area contributed by atoms with Crippen LogP contribution in [0, 0.1) is 0 Å². The number of carbonyl (C=O) groups is 1. The molecular weight excluding hydrogens is 388 g/mol. The van der Waals surface area contributed by atoms with Crippen LogP contribution in [0.5, 0.6) is 0 Å². The van der Waals surface area contributed by atoms with Gasteiger partial charge in [0, 0.05) is 23.7 Å². The first-order valence-electron chi connectivity index (χ1n) is 9.39. The summed E-state index contributed by atoms with van der Waals surface area (Å²) >= 11 is 3.20. The molecule has 0 N–H and O–H groups in total. The van der Waals surface area contributed by atoms with E-state index in [2.05, 4.69) is 26.9 Å². The van der Waals surface area contributed by atoms with Crippen LogP contribution in [0.3, 0.4) is 0 Å². The smallest absolute Gasteiger partial charge is 0.233 e. The second-order valence-electron chi connectivity index (χ2n) is 6.55. The fourth-order valence-corrected chi connectivity index (χ4v) is 4.88. The van der Waals surface area contributed by atoms with Crippen molar-refractivity contribution in [1.82, 2.24) is 19.7 Å². The van der Waals surface area contributed by atoms with Gasteiger partial charge in [0.1, 0.15) is 5.82 Å². The number of carbonyl (C=O) groups excluding carboxylic acids is 1. The summed E-state index contributed by atoms with van der Waals surface area (Å²) in [5.41, 5.74) is 1.02. The summed E-state index contributed by atoms with van der Waals surface area (Å²) in [5, 5.41) is 9.59. The van der Waals surface area contributed by atoms with E-state index in [1.807, 2.05) is 53.4 Å². The molecule has 7 heteroatoms. The van der Waals surface area contributed by atoms with Gasteiger partial charge in [-0.3, -0.25) is 9.36 Å². The highest BCUT2D eigenvalue weighted by atomic mass is 32.2. The summed E-state index contributed by atoms with van der Waals surface area (Å²) in [5.74, 6) is 2.19. The summed E-state index contributed by atoms with van der Waals surface area (Å²) < 4.78 is 2.07. The molecule has 1 saturated heterocycles. The number of nitrogens with zero attached hydrogens (tertiary/aromatic N) is 4. The predicted octanol–water partition coefficient (Wildman–Crippen LogP) is 4.27. The minimum Gasteiger partial charge on any atom is -0.342 e. The maximum atomic E-state index is 12.4. The lowest BCUT2D eigenvalue weighted by molar-refractivity contribution is -0.127. The Balaban J connectivity index is 1.52. The average Bonchev–Trinajstić information content (AvgIpc) is 3.42. The monoisotopic (exact) mass is 410 g/mol. The molecule has 1 amide bonds. The van der Waals surface area contributed by atoms with Gasteiger partial charge in [-0.1, -0.05) is 48.2 Å². The van der Waals surface area contributed by atoms with E-state index in [4.69, 9.17) is 0 Å². The topological polar surface area (TPSA) is 51.0 Å². The summed E-state index contributed by atoms with van der Waals surface area (Å²) in [6, 6.07) is 20.4. The molecule has 144 valence electrons. The van der Waals surface area contributed by atoms with Gasteiger partial charge in [0.2, 0.25) is 5.91 Å². The molecule has 1 fully saturated rings. The quantitative estimate of drug-likeness (QED) is 0.544. The first kappa shape index (κ1) is 19.1. The van der Waals surface area contributed by atoms with Crippen molar-refractivity contribution in [2.45, 2.75) is 28.6 Å². The Hall–Kier alpha value is -2.25. The molecule has 0 bridgehead atoms. The van der Waals surface area contributed by atoms with Crippen molar-refractivity contribution >= 4 is 29.4 Å². The lowest BCUT2D eigenvalue weighted by Gasteiger charge is -2.15. The number of para-hydroxylation sites is 1. The van der Waals surface area contributed by atoms with Crippen molar-refractivity contribution in [2.24, 2.45) is 0 Å². The van der Waals surface area contributed by atoms with Crippen LogP contribution in [-0.2, 0) is 10.5 Å². The van der Waals surface area contributed by atoms with Crippen molar-refractivity contribution in [1.29, 1.82) is 0 Å². The first-order chi connectivity index (χ1) is 13.8. The molecule has 0 spiro atoms. The highest BCUT2D eigenvalue weighted by Crippen LogP contribution is 2.27. The van der Waals surface area contributed by atoms with Crippen LogP contribution < -0.4 is 0 Å². The summed E-state index contributed by atoms with van der Waals surface area (Å²) in [6.45, 7) is 1.76. The molecule has 28 heavy (non-hydrogen) atoms. The van der Waals surface area contributed by atoms with Gasteiger partial charge in [0.15, 0.2) is 5.16 Å². The maximum absolute atomic E-state index is 12.4. The Morgan fingerprint density at radius 3 is 2.29 bits per heavy atom. The minimum atomic E-state index is 0.185. The van der Waals surface area contributed by atoms with Gasteiger partial charge >= 0.3 is 0 Å². The van der Waals surface area contributed by atoms with Crippen LogP contribution in [0.2, 0.25) is 0 Å². The van der Waals surface area contributed by atoms with Crippen LogP contribution in [0.1, 0.15) is 18.7 Å². The average molecular weight is 411 g/mol. The number of hydrogen-bond donors (Lipinski definition) is 0. The highest BCUT2D eigenvalue weighted by molar-refractivity contribution is 7.99. The van der Waals surface area contributed by atoms with Crippen molar-refractivity contribution in [3.63, 3.8) is 0 Å². The Kier molecular flexibility index (Phi) is 6.34. The number of amides is 1. The minimum absolute atomic E-state index is 0.185. The molecule has 5 nitrogen and oxygen atoms in total. The number of thioether (sulfide) groups is 2. The van der Waals surface area contributed by atoms with Crippen LogP contribution >= 0.6 is 23.5 Å². The third-order valence-corrected chi connectivity index (χ3v) is 6.53. The second kappa shape index (κ2) is 9.30. The fraction of sp³-hybridized carbons (Fsp3) is 0.286. The van der Waals surface area contributed by atoms with Gasteiger partial charge in [-0.15, -0.1) is 22.0 Å². The van der Waals surface area contributed by atoms with Crippen molar-refractivity contribution in [3.05, 3.63) is 66.5 Å². The normalized spacial score (nSPS) is 13.8. The van der Waals surface area contributed by atoms with E-state index < -0.39 is 0 Å². The van der Waals surface area contributed by atoms with Gasteiger partial charge < -0.3 is 4.90 Å².